The number of hydrogen-bond acceptors (Lipinski definition) is 5. The summed E-state index contributed by atoms with van der Waals surface area (Å²) in [5.74, 6) is -2.59. The van der Waals surface area contributed by atoms with E-state index in [4.69, 9.17) is 0 Å². The summed E-state index contributed by atoms with van der Waals surface area (Å²) < 4.78 is 27.2. The first-order chi connectivity index (χ1) is 16.7. The average molecular weight is 513 g/mol. The van der Waals surface area contributed by atoms with Crippen LogP contribution in [0.4, 0.5) is 8.78 Å². The van der Waals surface area contributed by atoms with Crippen molar-refractivity contribution in [3.63, 3.8) is 0 Å². The maximum absolute atomic E-state index is 12.5. The molecule has 2 aromatic carbocycles. The first-order valence-electron chi connectivity index (χ1n) is 11.1. The Morgan fingerprint density at radius 3 is 2.54 bits per heavy atom. The minimum absolute atomic E-state index is 0.136. The third-order valence-electron chi connectivity index (χ3n) is 5.75. The lowest BCUT2D eigenvalue weighted by molar-refractivity contribution is -0.118. The van der Waals surface area contributed by atoms with Gasteiger partial charge in [0.05, 0.1) is 11.5 Å². The standard InChI is InChI=1S/C26H26F2N4OS2/c1-15-5-10-22(16(2)11-15)32-17(3)12-20(18(32)4)14-29-31-26-30-24(33)23(35-26)13-19-6-8-21(9-7-19)34-25(27)28/h5-12,14,23,25H,13H2,1-4H3,(H,30,31,33). The van der Waals surface area contributed by atoms with Crippen molar-refractivity contribution in [2.45, 2.75) is 50.0 Å². The fourth-order valence-corrected chi connectivity index (χ4v) is 5.56. The van der Waals surface area contributed by atoms with Gasteiger partial charge in [0.15, 0.2) is 5.17 Å². The Kier molecular flexibility index (Phi) is 7.76. The SMILES string of the molecule is Cc1ccc(-n2c(C)cc(C=NN=C3NC(=O)C(Cc4ccc(SC(F)F)cc4)S3)c2C)c(C)c1. The molecule has 182 valence electrons. The minimum Gasteiger partial charge on any atom is -0.318 e. The van der Waals surface area contributed by atoms with Gasteiger partial charge in [-0.3, -0.25) is 4.79 Å². The van der Waals surface area contributed by atoms with Gasteiger partial charge < -0.3 is 9.88 Å². The van der Waals surface area contributed by atoms with E-state index in [9.17, 15) is 13.6 Å². The lowest BCUT2D eigenvalue weighted by Crippen LogP contribution is -2.25. The monoisotopic (exact) mass is 512 g/mol. The number of halogens is 2. The predicted octanol–water partition coefficient (Wildman–Crippen LogP) is 6.19. The largest absolute Gasteiger partial charge is 0.318 e. The number of thioether (sulfide) groups is 2. The highest BCUT2D eigenvalue weighted by Crippen LogP contribution is 2.28. The number of nitrogens with one attached hydrogen (secondary N) is 1. The fourth-order valence-electron chi connectivity index (χ4n) is 4.10. The minimum atomic E-state index is -2.45. The number of carbonyl (C=O) groups excluding carboxylic acids is 1. The first-order valence-corrected chi connectivity index (χ1v) is 12.9. The number of aromatic nitrogens is 1. The van der Waals surface area contributed by atoms with Crippen LogP contribution in [0.5, 0.6) is 0 Å². The average Bonchev–Trinajstić information content (AvgIpc) is 3.27. The van der Waals surface area contributed by atoms with E-state index < -0.39 is 5.76 Å². The van der Waals surface area contributed by atoms with E-state index in [1.165, 1.54) is 22.9 Å². The lowest BCUT2D eigenvalue weighted by atomic mass is 10.1. The summed E-state index contributed by atoms with van der Waals surface area (Å²) in [5, 5.41) is 11.3. The highest BCUT2D eigenvalue weighted by atomic mass is 32.2. The van der Waals surface area contributed by atoms with Crippen molar-refractivity contribution in [3.05, 3.63) is 82.2 Å². The molecule has 1 saturated heterocycles. The van der Waals surface area contributed by atoms with E-state index >= 15 is 0 Å². The normalized spacial score (nSPS) is 17.2. The molecule has 0 spiro atoms. The van der Waals surface area contributed by atoms with Gasteiger partial charge >= 0.3 is 0 Å². The van der Waals surface area contributed by atoms with Gasteiger partial charge in [-0.1, -0.05) is 53.4 Å². The number of amides is 1. The Morgan fingerprint density at radius 1 is 1.11 bits per heavy atom. The molecule has 0 saturated carbocycles. The molecule has 1 fully saturated rings. The van der Waals surface area contributed by atoms with Gasteiger partial charge in [-0.05, 0) is 69.5 Å². The molecule has 0 radical (unpaired) electrons. The summed E-state index contributed by atoms with van der Waals surface area (Å²) in [6, 6.07) is 15.3. The zero-order valence-electron chi connectivity index (χ0n) is 19.9. The Hall–Kier alpha value is -2.91. The zero-order chi connectivity index (χ0) is 25.1. The van der Waals surface area contributed by atoms with Crippen LogP contribution in [0.3, 0.4) is 0 Å². The van der Waals surface area contributed by atoms with Crippen LogP contribution in [0.2, 0.25) is 0 Å². The smallest absolute Gasteiger partial charge is 0.288 e. The fraction of sp³-hybridized carbons (Fsp3) is 0.269. The van der Waals surface area contributed by atoms with E-state index in [1.54, 1.807) is 30.5 Å². The van der Waals surface area contributed by atoms with Crippen LogP contribution in [0.1, 0.15) is 33.6 Å². The van der Waals surface area contributed by atoms with Crippen LogP contribution in [0, 0.1) is 27.7 Å². The van der Waals surface area contributed by atoms with Crippen molar-refractivity contribution >= 4 is 40.8 Å². The van der Waals surface area contributed by atoms with Crippen LogP contribution < -0.4 is 5.32 Å². The molecule has 1 amide bonds. The molecule has 35 heavy (non-hydrogen) atoms. The van der Waals surface area contributed by atoms with Crippen molar-refractivity contribution in [3.8, 4) is 5.69 Å². The van der Waals surface area contributed by atoms with Crippen LogP contribution >= 0.6 is 23.5 Å². The molecule has 1 N–H and O–H groups in total. The number of rotatable bonds is 7. The number of amidine groups is 1. The van der Waals surface area contributed by atoms with Crippen LogP contribution in [0.25, 0.3) is 5.69 Å². The summed E-state index contributed by atoms with van der Waals surface area (Å²) in [5.41, 5.74) is 7.59. The van der Waals surface area contributed by atoms with E-state index in [1.807, 2.05) is 6.92 Å². The van der Waals surface area contributed by atoms with Gasteiger partial charge in [0.2, 0.25) is 5.91 Å². The topological polar surface area (TPSA) is 58.8 Å². The quantitative estimate of drug-likeness (QED) is 0.233. The van der Waals surface area contributed by atoms with Crippen molar-refractivity contribution in [1.29, 1.82) is 0 Å². The van der Waals surface area contributed by atoms with Crippen LogP contribution in [-0.4, -0.2) is 32.9 Å². The molecule has 5 nitrogen and oxygen atoms in total. The number of benzene rings is 2. The molecule has 1 aliphatic rings. The van der Waals surface area contributed by atoms with Crippen LogP contribution in [0.15, 0.2) is 63.6 Å². The number of hydrogen-bond donors (Lipinski definition) is 1. The molecule has 1 aliphatic heterocycles. The summed E-state index contributed by atoms with van der Waals surface area (Å²) in [7, 11) is 0. The number of carbonyl (C=O) groups is 1. The van der Waals surface area contributed by atoms with Gasteiger partial charge in [0.1, 0.15) is 0 Å². The second-order valence-corrected chi connectivity index (χ2v) is 10.7. The molecule has 0 bridgehead atoms. The maximum Gasteiger partial charge on any atom is 0.288 e. The lowest BCUT2D eigenvalue weighted by Gasteiger charge is -2.13. The van der Waals surface area contributed by atoms with Gasteiger partial charge in [0.25, 0.3) is 5.76 Å². The third kappa shape index (κ3) is 6.02. The Balaban J connectivity index is 1.43. The summed E-state index contributed by atoms with van der Waals surface area (Å²) >= 11 is 1.83. The van der Waals surface area contributed by atoms with Crippen molar-refractivity contribution in [2.75, 3.05) is 0 Å². The van der Waals surface area contributed by atoms with E-state index in [-0.39, 0.29) is 11.2 Å². The first kappa shape index (κ1) is 25.2. The Morgan fingerprint density at radius 2 is 1.86 bits per heavy atom. The Labute approximate surface area is 212 Å². The summed E-state index contributed by atoms with van der Waals surface area (Å²) in [4.78, 5) is 12.9. The van der Waals surface area contributed by atoms with E-state index in [0.717, 1.165) is 28.2 Å². The van der Waals surface area contributed by atoms with Crippen molar-refractivity contribution in [2.24, 2.45) is 10.2 Å². The number of nitrogens with zero attached hydrogens (tertiary/aromatic N) is 3. The molecule has 0 aliphatic carbocycles. The second kappa shape index (κ2) is 10.8. The predicted molar refractivity (Wildman–Crippen MR) is 141 cm³/mol. The van der Waals surface area contributed by atoms with Gasteiger partial charge in [-0.15, -0.1) is 5.10 Å². The molecule has 1 atom stereocenters. The molecule has 4 rings (SSSR count). The molecule has 1 aromatic heterocycles. The Bertz CT molecular complexity index is 1300. The van der Waals surface area contributed by atoms with Crippen molar-refractivity contribution < 1.29 is 13.6 Å². The molecule has 1 unspecified atom stereocenters. The maximum atomic E-state index is 12.5. The zero-order valence-corrected chi connectivity index (χ0v) is 21.5. The van der Waals surface area contributed by atoms with Gasteiger partial charge in [-0.25, -0.2) is 0 Å². The summed E-state index contributed by atoms with van der Waals surface area (Å²) in [6.45, 7) is 8.30. The molecular formula is C26H26F2N4OS2. The van der Waals surface area contributed by atoms with Crippen molar-refractivity contribution in [1.82, 2.24) is 9.88 Å². The number of aryl methyl sites for hydroxylation is 3. The highest BCUT2D eigenvalue weighted by Gasteiger charge is 2.30. The van der Waals surface area contributed by atoms with Gasteiger partial charge in [0, 0.05) is 27.5 Å². The molecule has 9 heteroatoms. The summed E-state index contributed by atoms with van der Waals surface area (Å²) in [6.07, 6.45) is 2.19. The molecular weight excluding hydrogens is 486 g/mol. The van der Waals surface area contributed by atoms with E-state index in [2.05, 4.69) is 65.1 Å². The second-order valence-electron chi connectivity index (χ2n) is 8.42. The van der Waals surface area contributed by atoms with Gasteiger partial charge in [-0.2, -0.15) is 13.9 Å². The number of alkyl halides is 2. The molecule has 3 aromatic rings. The third-order valence-corrected chi connectivity index (χ3v) is 7.55. The highest BCUT2D eigenvalue weighted by molar-refractivity contribution is 8.15. The molecule has 2 heterocycles. The van der Waals surface area contributed by atoms with Crippen LogP contribution in [-0.2, 0) is 11.2 Å². The van der Waals surface area contributed by atoms with E-state index in [0.29, 0.717) is 28.2 Å².